The molecule has 0 atom stereocenters. The van der Waals surface area contributed by atoms with Gasteiger partial charge >= 0.3 is 0 Å². The van der Waals surface area contributed by atoms with Gasteiger partial charge in [0.15, 0.2) is 0 Å². The van der Waals surface area contributed by atoms with Crippen molar-refractivity contribution >= 4 is 0 Å². The van der Waals surface area contributed by atoms with Gasteiger partial charge in [-0.05, 0) is 48.6 Å². The molecule has 0 saturated heterocycles. The molecule has 1 nitrogen and oxygen atoms in total. The predicted octanol–water partition coefficient (Wildman–Crippen LogP) is 3.87. The summed E-state index contributed by atoms with van der Waals surface area (Å²) in [7, 11) is 0. The molecule has 1 aliphatic rings. The minimum absolute atomic E-state index is 0.366. The molecule has 2 N–H and O–H groups in total. The summed E-state index contributed by atoms with van der Waals surface area (Å²) in [6.45, 7) is 5.53. The normalized spacial score (nSPS) is 18.8. The maximum atomic E-state index is 5.73. The van der Waals surface area contributed by atoms with Gasteiger partial charge in [0.25, 0.3) is 0 Å². The Morgan fingerprint density at radius 3 is 2.29 bits per heavy atom. The van der Waals surface area contributed by atoms with Crippen molar-refractivity contribution in [3.05, 3.63) is 35.9 Å². The Morgan fingerprint density at radius 1 is 1.18 bits per heavy atom. The average Bonchev–Trinajstić information content (AvgIpc) is 2.25. The molecule has 1 aliphatic carbocycles. The van der Waals surface area contributed by atoms with E-state index in [1.165, 1.54) is 31.2 Å². The second kappa shape index (κ2) is 4.81. The SMILES string of the molecule is CC(C)(CCN)CC1(c2ccccc2)CCC1. The lowest BCUT2D eigenvalue weighted by atomic mass is 9.57. The molecule has 0 amide bonds. The monoisotopic (exact) mass is 231 g/mol. The fourth-order valence-electron chi connectivity index (χ4n) is 3.36. The molecule has 1 aromatic carbocycles. The molecular formula is C16H25N. The largest absolute Gasteiger partial charge is 0.330 e. The van der Waals surface area contributed by atoms with Gasteiger partial charge in [-0.25, -0.2) is 0 Å². The van der Waals surface area contributed by atoms with Crippen LogP contribution in [0.5, 0.6) is 0 Å². The second-order valence-corrected chi connectivity index (χ2v) is 6.38. The molecule has 17 heavy (non-hydrogen) atoms. The summed E-state index contributed by atoms with van der Waals surface area (Å²) >= 11 is 0. The van der Waals surface area contributed by atoms with Gasteiger partial charge < -0.3 is 5.73 Å². The highest BCUT2D eigenvalue weighted by Gasteiger charge is 2.42. The summed E-state index contributed by atoms with van der Waals surface area (Å²) in [5.74, 6) is 0. The average molecular weight is 231 g/mol. The van der Waals surface area contributed by atoms with Gasteiger partial charge in [0.2, 0.25) is 0 Å². The van der Waals surface area contributed by atoms with Gasteiger partial charge in [0, 0.05) is 0 Å². The van der Waals surface area contributed by atoms with E-state index in [4.69, 9.17) is 5.73 Å². The van der Waals surface area contributed by atoms with Crippen LogP contribution in [-0.2, 0) is 5.41 Å². The molecule has 0 bridgehead atoms. The number of hydrogen-bond acceptors (Lipinski definition) is 1. The number of nitrogens with two attached hydrogens (primary N) is 1. The van der Waals surface area contributed by atoms with E-state index < -0.39 is 0 Å². The van der Waals surface area contributed by atoms with Crippen molar-refractivity contribution in [3.63, 3.8) is 0 Å². The zero-order valence-electron chi connectivity index (χ0n) is 11.2. The van der Waals surface area contributed by atoms with E-state index in [0.29, 0.717) is 10.8 Å². The zero-order valence-corrected chi connectivity index (χ0v) is 11.2. The lowest BCUT2D eigenvalue weighted by Gasteiger charge is -2.47. The van der Waals surface area contributed by atoms with Crippen LogP contribution in [0, 0.1) is 5.41 Å². The Morgan fingerprint density at radius 2 is 1.82 bits per heavy atom. The highest BCUT2D eigenvalue weighted by atomic mass is 14.5. The van der Waals surface area contributed by atoms with Gasteiger partial charge in [-0.2, -0.15) is 0 Å². The molecule has 1 fully saturated rings. The summed E-state index contributed by atoms with van der Waals surface area (Å²) < 4.78 is 0. The summed E-state index contributed by atoms with van der Waals surface area (Å²) in [5.41, 5.74) is 8.08. The summed E-state index contributed by atoms with van der Waals surface area (Å²) in [4.78, 5) is 0. The molecule has 2 rings (SSSR count). The van der Waals surface area contributed by atoms with Crippen LogP contribution in [0.15, 0.2) is 30.3 Å². The highest BCUT2D eigenvalue weighted by molar-refractivity contribution is 5.28. The van der Waals surface area contributed by atoms with E-state index in [0.717, 1.165) is 13.0 Å². The Labute approximate surface area is 105 Å². The number of hydrogen-bond donors (Lipinski definition) is 1. The van der Waals surface area contributed by atoms with Crippen molar-refractivity contribution < 1.29 is 0 Å². The predicted molar refractivity (Wildman–Crippen MR) is 74.0 cm³/mol. The molecule has 1 aromatic rings. The van der Waals surface area contributed by atoms with Gasteiger partial charge in [-0.3, -0.25) is 0 Å². The third-order valence-corrected chi connectivity index (χ3v) is 4.33. The van der Waals surface area contributed by atoms with Crippen LogP contribution in [0.1, 0.15) is 51.5 Å². The third-order valence-electron chi connectivity index (χ3n) is 4.33. The molecule has 0 unspecified atom stereocenters. The Kier molecular flexibility index (Phi) is 3.58. The van der Waals surface area contributed by atoms with Crippen molar-refractivity contribution in [2.45, 2.75) is 51.4 Å². The molecule has 1 saturated carbocycles. The van der Waals surface area contributed by atoms with Gasteiger partial charge in [-0.1, -0.05) is 50.6 Å². The smallest absolute Gasteiger partial charge is 0.00419 e. The minimum atomic E-state index is 0.366. The Bertz CT molecular complexity index is 349. The first-order valence-corrected chi connectivity index (χ1v) is 6.84. The fraction of sp³-hybridized carbons (Fsp3) is 0.625. The van der Waals surface area contributed by atoms with Crippen molar-refractivity contribution in [1.82, 2.24) is 0 Å². The van der Waals surface area contributed by atoms with Crippen molar-refractivity contribution in [2.24, 2.45) is 11.1 Å². The van der Waals surface area contributed by atoms with Crippen LogP contribution in [-0.4, -0.2) is 6.54 Å². The van der Waals surface area contributed by atoms with Crippen LogP contribution in [0.2, 0.25) is 0 Å². The van der Waals surface area contributed by atoms with Crippen LogP contribution >= 0.6 is 0 Å². The lowest BCUT2D eigenvalue weighted by molar-refractivity contribution is 0.139. The first-order chi connectivity index (χ1) is 8.08. The summed E-state index contributed by atoms with van der Waals surface area (Å²) in [5, 5.41) is 0. The van der Waals surface area contributed by atoms with E-state index in [-0.39, 0.29) is 0 Å². The number of benzene rings is 1. The summed E-state index contributed by atoms with van der Waals surface area (Å²) in [6.07, 6.45) is 6.49. The van der Waals surface area contributed by atoms with Crippen LogP contribution in [0.4, 0.5) is 0 Å². The van der Waals surface area contributed by atoms with E-state index in [1.807, 2.05) is 0 Å². The van der Waals surface area contributed by atoms with Crippen molar-refractivity contribution in [3.8, 4) is 0 Å². The fourth-order valence-corrected chi connectivity index (χ4v) is 3.36. The quantitative estimate of drug-likeness (QED) is 0.818. The maximum absolute atomic E-state index is 5.73. The molecule has 0 heterocycles. The number of rotatable bonds is 5. The van der Waals surface area contributed by atoms with Crippen molar-refractivity contribution in [2.75, 3.05) is 6.54 Å². The molecule has 0 aromatic heterocycles. The molecule has 94 valence electrons. The lowest BCUT2D eigenvalue weighted by Crippen LogP contribution is -2.39. The summed E-state index contributed by atoms with van der Waals surface area (Å²) in [6, 6.07) is 11.1. The highest BCUT2D eigenvalue weighted by Crippen LogP contribution is 2.51. The molecule has 0 spiro atoms. The molecular weight excluding hydrogens is 206 g/mol. The minimum Gasteiger partial charge on any atom is -0.330 e. The molecule has 0 radical (unpaired) electrons. The molecule has 0 aliphatic heterocycles. The maximum Gasteiger partial charge on any atom is -0.00419 e. The third kappa shape index (κ3) is 2.71. The van der Waals surface area contributed by atoms with Crippen LogP contribution < -0.4 is 5.73 Å². The van der Waals surface area contributed by atoms with Crippen molar-refractivity contribution in [1.29, 1.82) is 0 Å². The standard InChI is InChI=1S/C16H25N/c1-15(2,11-12-17)13-16(9-6-10-16)14-7-4-3-5-8-14/h3-5,7-8H,6,9-13,17H2,1-2H3. The first-order valence-electron chi connectivity index (χ1n) is 6.84. The first kappa shape index (κ1) is 12.6. The zero-order chi connectivity index (χ0) is 12.4. The topological polar surface area (TPSA) is 26.0 Å². The van der Waals surface area contributed by atoms with Gasteiger partial charge in [0.05, 0.1) is 0 Å². The van der Waals surface area contributed by atoms with Gasteiger partial charge in [0.1, 0.15) is 0 Å². The second-order valence-electron chi connectivity index (χ2n) is 6.38. The van der Waals surface area contributed by atoms with Gasteiger partial charge in [-0.15, -0.1) is 0 Å². The molecule has 1 heteroatoms. The van der Waals surface area contributed by atoms with E-state index in [9.17, 15) is 0 Å². The van der Waals surface area contributed by atoms with E-state index in [1.54, 1.807) is 0 Å². The van der Waals surface area contributed by atoms with Crippen LogP contribution in [0.25, 0.3) is 0 Å². The Hall–Kier alpha value is -0.820. The Balaban J connectivity index is 2.16. The van der Waals surface area contributed by atoms with E-state index >= 15 is 0 Å². The van der Waals surface area contributed by atoms with Crippen LogP contribution in [0.3, 0.4) is 0 Å². The van der Waals surface area contributed by atoms with E-state index in [2.05, 4.69) is 44.2 Å².